The second kappa shape index (κ2) is 9.99. The van der Waals surface area contributed by atoms with E-state index in [1.807, 2.05) is 19.9 Å². The van der Waals surface area contributed by atoms with Gasteiger partial charge in [-0.05, 0) is 44.0 Å². The Balaban J connectivity index is 1.25. The van der Waals surface area contributed by atoms with Crippen LogP contribution in [0.2, 0.25) is 0 Å². The molecule has 3 aliphatic heterocycles. The largest absolute Gasteiger partial charge is 0.488 e. The third-order valence-corrected chi connectivity index (χ3v) is 6.94. The van der Waals surface area contributed by atoms with Gasteiger partial charge >= 0.3 is 0 Å². The van der Waals surface area contributed by atoms with Crippen molar-refractivity contribution in [2.75, 3.05) is 13.1 Å². The summed E-state index contributed by atoms with van der Waals surface area (Å²) in [4.78, 5) is 40.5. The molecule has 2 aromatic carbocycles. The minimum Gasteiger partial charge on any atom is -0.488 e. The Hall–Kier alpha value is -3.30. The zero-order valence-corrected chi connectivity index (χ0v) is 20.5. The fraction of sp³-hybridized carbons (Fsp3) is 0.444. The molecule has 1 N–H and O–H groups in total. The molecule has 5 rings (SSSR count). The summed E-state index contributed by atoms with van der Waals surface area (Å²) in [5.41, 5.74) is 2.44. The topological polar surface area (TPSA) is 88.2 Å². The van der Waals surface area contributed by atoms with Crippen LogP contribution in [0.3, 0.4) is 0 Å². The molecule has 0 radical (unpaired) electrons. The molecule has 3 atom stereocenters. The average Bonchev–Trinajstić information content (AvgIpc) is 3.15. The number of halogens is 1. The smallest absolute Gasteiger partial charge is 0.255 e. The molecule has 3 amide bonds. The van der Waals surface area contributed by atoms with Crippen LogP contribution in [0.1, 0.15) is 53.7 Å². The van der Waals surface area contributed by atoms with Crippen LogP contribution in [0.25, 0.3) is 0 Å². The lowest BCUT2D eigenvalue weighted by molar-refractivity contribution is -0.136. The van der Waals surface area contributed by atoms with Gasteiger partial charge in [-0.1, -0.05) is 18.2 Å². The first kappa shape index (κ1) is 24.4. The molecular formula is C27H30FN3O5. The van der Waals surface area contributed by atoms with E-state index < -0.39 is 11.9 Å². The first-order chi connectivity index (χ1) is 17.3. The molecule has 3 aliphatic rings. The van der Waals surface area contributed by atoms with E-state index in [2.05, 4.69) is 10.2 Å². The van der Waals surface area contributed by atoms with E-state index in [4.69, 9.17) is 9.47 Å². The molecule has 0 aliphatic carbocycles. The quantitative estimate of drug-likeness (QED) is 0.620. The van der Waals surface area contributed by atoms with Crippen molar-refractivity contribution in [2.24, 2.45) is 0 Å². The molecule has 0 aromatic heterocycles. The van der Waals surface area contributed by atoms with Crippen molar-refractivity contribution in [1.82, 2.24) is 15.1 Å². The van der Waals surface area contributed by atoms with Crippen molar-refractivity contribution >= 4 is 17.7 Å². The summed E-state index contributed by atoms with van der Waals surface area (Å²) in [5.74, 6) is -0.914. The molecule has 0 saturated carbocycles. The summed E-state index contributed by atoms with van der Waals surface area (Å²) in [6.07, 6.45) is 0.785. The molecule has 0 bridgehead atoms. The molecule has 2 fully saturated rings. The minimum absolute atomic E-state index is 0.0147. The maximum atomic E-state index is 14.9. The number of hydrogen-bond donors (Lipinski definition) is 1. The van der Waals surface area contributed by atoms with Gasteiger partial charge in [0.15, 0.2) is 0 Å². The summed E-state index contributed by atoms with van der Waals surface area (Å²) >= 11 is 0. The van der Waals surface area contributed by atoms with Crippen LogP contribution in [0.15, 0.2) is 36.4 Å². The van der Waals surface area contributed by atoms with Crippen molar-refractivity contribution in [2.45, 2.75) is 64.6 Å². The van der Waals surface area contributed by atoms with Crippen molar-refractivity contribution < 1.29 is 28.2 Å². The summed E-state index contributed by atoms with van der Waals surface area (Å²) in [6, 6.07) is 9.65. The molecule has 2 unspecified atom stereocenters. The number of fused-ring (bicyclic) bond motifs is 1. The maximum absolute atomic E-state index is 14.9. The minimum atomic E-state index is -0.696. The molecule has 2 aromatic rings. The van der Waals surface area contributed by atoms with Gasteiger partial charge in [-0.15, -0.1) is 0 Å². The van der Waals surface area contributed by atoms with Gasteiger partial charge in [0.25, 0.3) is 5.91 Å². The first-order valence-electron chi connectivity index (χ1n) is 12.3. The predicted octanol–water partition coefficient (Wildman–Crippen LogP) is 2.77. The van der Waals surface area contributed by atoms with Crippen molar-refractivity contribution in [1.29, 1.82) is 0 Å². The van der Waals surface area contributed by atoms with Gasteiger partial charge in [-0.3, -0.25) is 24.6 Å². The fourth-order valence-electron chi connectivity index (χ4n) is 5.33. The summed E-state index contributed by atoms with van der Waals surface area (Å²) < 4.78 is 26.6. The SMILES string of the molecule is CC1CN(Cc2ccc(COc3cccc4c3CN([C@@H]3CCC(=O)NC3=O)C4=O)c(F)c2)CC(C)O1. The number of rotatable bonds is 6. The highest BCUT2D eigenvalue weighted by molar-refractivity contribution is 6.05. The number of nitrogens with one attached hydrogen (secondary N) is 1. The van der Waals surface area contributed by atoms with Crippen molar-refractivity contribution in [3.05, 3.63) is 64.5 Å². The monoisotopic (exact) mass is 495 g/mol. The normalized spacial score (nSPS) is 24.6. The molecule has 2 saturated heterocycles. The van der Waals surface area contributed by atoms with Gasteiger partial charge in [0.2, 0.25) is 11.8 Å². The summed E-state index contributed by atoms with van der Waals surface area (Å²) in [6.45, 7) is 6.58. The van der Waals surface area contributed by atoms with Gasteiger partial charge in [-0.25, -0.2) is 4.39 Å². The van der Waals surface area contributed by atoms with Crippen molar-refractivity contribution in [3.63, 3.8) is 0 Å². The van der Waals surface area contributed by atoms with E-state index in [0.717, 1.165) is 18.7 Å². The van der Waals surface area contributed by atoms with Crippen LogP contribution >= 0.6 is 0 Å². The Morgan fingerprint density at radius 3 is 2.61 bits per heavy atom. The molecule has 9 heteroatoms. The average molecular weight is 496 g/mol. The Kier molecular flexibility index (Phi) is 6.77. The van der Waals surface area contributed by atoms with E-state index in [9.17, 15) is 18.8 Å². The van der Waals surface area contributed by atoms with Gasteiger partial charge < -0.3 is 14.4 Å². The first-order valence-corrected chi connectivity index (χ1v) is 12.3. The standard InChI is InChI=1S/C27H30FN3O5/c1-16-11-30(12-17(2)36-16)13-18-6-7-19(22(28)10-18)15-35-24-5-3-4-20-21(24)14-31(27(20)34)23-8-9-25(32)29-26(23)33/h3-7,10,16-17,23H,8-9,11-15H2,1-2H3,(H,29,32,33)/t16?,17?,23-/m1/s1. The Bertz CT molecular complexity index is 1190. The van der Waals surface area contributed by atoms with Crippen LogP contribution in [0.5, 0.6) is 5.75 Å². The number of piperidine rings is 1. The van der Waals surface area contributed by atoms with Crippen molar-refractivity contribution in [3.8, 4) is 5.75 Å². The van der Waals surface area contributed by atoms with E-state index in [-0.39, 0.29) is 49.4 Å². The lowest BCUT2D eigenvalue weighted by atomic mass is 10.0. The molecule has 0 spiro atoms. The lowest BCUT2D eigenvalue weighted by Crippen LogP contribution is -2.52. The molecule has 3 heterocycles. The van der Waals surface area contributed by atoms with Gasteiger partial charge in [0.05, 0.1) is 18.8 Å². The Labute approximate surface area is 209 Å². The summed E-state index contributed by atoms with van der Waals surface area (Å²) in [5, 5.41) is 2.30. The highest BCUT2D eigenvalue weighted by Crippen LogP contribution is 2.34. The summed E-state index contributed by atoms with van der Waals surface area (Å²) in [7, 11) is 0. The van der Waals surface area contributed by atoms with Gasteiger partial charge in [-0.2, -0.15) is 0 Å². The third-order valence-electron chi connectivity index (χ3n) is 6.94. The zero-order chi connectivity index (χ0) is 25.4. The van der Waals surface area contributed by atoms with Gasteiger partial charge in [0.1, 0.15) is 24.2 Å². The second-order valence-corrected chi connectivity index (χ2v) is 9.85. The Morgan fingerprint density at radius 2 is 1.89 bits per heavy atom. The van der Waals surface area contributed by atoms with E-state index in [1.165, 1.54) is 4.90 Å². The number of carbonyl (C=O) groups is 3. The van der Waals surface area contributed by atoms with Crippen LogP contribution in [-0.4, -0.2) is 58.9 Å². The molecule has 190 valence electrons. The number of morpholine rings is 1. The van der Waals surface area contributed by atoms with Gasteiger partial charge in [0, 0.05) is 42.7 Å². The number of hydrogen-bond acceptors (Lipinski definition) is 6. The molecule has 8 nitrogen and oxygen atoms in total. The second-order valence-electron chi connectivity index (χ2n) is 9.85. The highest BCUT2D eigenvalue weighted by Gasteiger charge is 2.40. The van der Waals surface area contributed by atoms with Crippen LogP contribution in [-0.2, 0) is 34.0 Å². The number of carbonyl (C=O) groups excluding carboxylic acids is 3. The third kappa shape index (κ3) is 4.99. The number of benzene rings is 2. The van der Waals surface area contributed by atoms with Crippen LogP contribution < -0.4 is 10.1 Å². The van der Waals surface area contributed by atoms with E-state index in [0.29, 0.717) is 35.4 Å². The van der Waals surface area contributed by atoms with Crippen LogP contribution in [0, 0.1) is 5.82 Å². The lowest BCUT2D eigenvalue weighted by Gasteiger charge is -2.35. The van der Waals surface area contributed by atoms with Crippen LogP contribution in [0.4, 0.5) is 4.39 Å². The number of ether oxygens (including phenoxy) is 2. The highest BCUT2D eigenvalue weighted by atomic mass is 19.1. The number of amides is 3. The molecule has 36 heavy (non-hydrogen) atoms. The van der Waals surface area contributed by atoms with E-state index in [1.54, 1.807) is 30.3 Å². The maximum Gasteiger partial charge on any atom is 0.255 e. The zero-order valence-electron chi connectivity index (χ0n) is 20.5. The number of nitrogens with zero attached hydrogens (tertiary/aromatic N) is 2. The molecular weight excluding hydrogens is 465 g/mol. The predicted molar refractivity (Wildman–Crippen MR) is 129 cm³/mol. The fourth-order valence-corrected chi connectivity index (χ4v) is 5.33. The van der Waals surface area contributed by atoms with E-state index >= 15 is 0 Å². The number of imide groups is 1. The Morgan fingerprint density at radius 1 is 1.11 bits per heavy atom.